The highest BCUT2D eigenvalue weighted by Gasteiger charge is 2.04. The van der Waals surface area contributed by atoms with Crippen LogP contribution >= 0.6 is 15.9 Å². The zero-order valence-corrected chi connectivity index (χ0v) is 11.0. The van der Waals surface area contributed by atoms with Gasteiger partial charge in [0, 0.05) is 12.7 Å². The molecule has 88 valence electrons. The largest absolute Gasteiger partial charge is 0.377 e. The van der Waals surface area contributed by atoms with Crippen LogP contribution in [0.4, 0.5) is 0 Å². The smallest absolute Gasteiger partial charge is 0.252 e. The second-order valence-corrected chi connectivity index (χ2v) is 4.36. The molecule has 0 unspecified atom stereocenters. The summed E-state index contributed by atoms with van der Waals surface area (Å²) in [6.45, 7) is 4.95. The number of ether oxygens (including phenoxy) is 1. The van der Waals surface area contributed by atoms with E-state index >= 15 is 0 Å². The van der Waals surface area contributed by atoms with E-state index in [1.165, 1.54) is 6.20 Å². The molecule has 1 aromatic heterocycles. The van der Waals surface area contributed by atoms with Crippen LogP contribution in [0.15, 0.2) is 22.9 Å². The van der Waals surface area contributed by atoms with Crippen LogP contribution in [0.3, 0.4) is 0 Å². The molecule has 0 fully saturated rings. The summed E-state index contributed by atoms with van der Waals surface area (Å²) in [4.78, 5) is 15.6. The average molecular weight is 287 g/mol. The molecule has 16 heavy (non-hydrogen) atoms. The molecule has 0 atom stereocenters. The molecule has 1 rings (SSSR count). The van der Waals surface area contributed by atoms with Crippen LogP contribution in [-0.4, -0.2) is 30.1 Å². The highest BCUT2D eigenvalue weighted by atomic mass is 79.9. The average Bonchev–Trinajstić information content (AvgIpc) is 2.25. The Hall–Kier alpha value is -0.940. The number of hydrogen-bond acceptors (Lipinski definition) is 3. The first kappa shape index (κ1) is 13.1. The van der Waals surface area contributed by atoms with Crippen molar-refractivity contribution in [2.45, 2.75) is 20.0 Å². The standard InChI is InChI=1S/C11H15BrN2O2/c1-8(2)16-6-5-13-11(15)9-3-4-10(12)14-7-9/h3-4,7-8H,5-6H2,1-2H3,(H,13,15). The Labute approximate surface area is 104 Å². The van der Waals surface area contributed by atoms with Crippen molar-refractivity contribution >= 4 is 21.8 Å². The number of rotatable bonds is 5. The lowest BCUT2D eigenvalue weighted by molar-refractivity contribution is 0.0746. The van der Waals surface area contributed by atoms with Crippen molar-refractivity contribution in [2.75, 3.05) is 13.2 Å². The predicted molar refractivity (Wildman–Crippen MR) is 65.4 cm³/mol. The van der Waals surface area contributed by atoms with Crippen LogP contribution in [0.25, 0.3) is 0 Å². The van der Waals surface area contributed by atoms with Crippen molar-refractivity contribution in [1.29, 1.82) is 0 Å². The third-order valence-corrected chi connectivity index (χ3v) is 2.30. The van der Waals surface area contributed by atoms with Gasteiger partial charge in [-0.3, -0.25) is 4.79 Å². The Morgan fingerprint density at radius 3 is 2.88 bits per heavy atom. The van der Waals surface area contributed by atoms with Gasteiger partial charge < -0.3 is 10.1 Å². The SMILES string of the molecule is CC(C)OCCNC(=O)c1ccc(Br)nc1. The summed E-state index contributed by atoms with van der Waals surface area (Å²) in [6, 6.07) is 3.45. The molecule has 0 radical (unpaired) electrons. The number of aromatic nitrogens is 1. The summed E-state index contributed by atoms with van der Waals surface area (Å²) in [6.07, 6.45) is 1.72. The molecule has 0 aliphatic carbocycles. The Kier molecular flexibility index (Phi) is 5.42. The van der Waals surface area contributed by atoms with Gasteiger partial charge in [-0.05, 0) is 41.9 Å². The first-order chi connectivity index (χ1) is 7.59. The number of hydrogen-bond donors (Lipinski definition) is 1. The van der Waals surface area contributed by atoms with E-state index in [0.717, 1.165) is 0 Å². The number of nitrogens with zero attached hydrogens (tertiary/aromatic N) is 1. The Bertz CT molecular complexity index is 338. The molecule has 0 aliphatic rings. The maximum absolute atomic E-state index is 11.6. The van der Waals surface area contributed by atoms with Crippen LogP contribution < -0.4 is 5.32 Å². The summed E-state index contributed by atoms with van der Waals surface area (Å²) >= 11 is 3.21. The third-order valence-electron chi connectivity index (χ3n) is 1.83. The quantitative estimate of drug-likeness (QED) is 0.665. The third kappa shape index (κ3) is 4.72. The summed E-state index contributed by atoms with van der Waals surface area (Å²) in [5.74, 6) is -0.132. The molecular weight excluding hydrogens is 272 g/mol. The minimum Gasteiger partial charge on any atom is -0.377 e. The van der Waals surface area contributed by atoms with E-state index in [9.17, 15) is 4.79 Å². The first-order valence-corrected chi connectivity index (χ1v) is 5.90. The van der Waals surface area contributed by atoms with Gasteiger partial charge in [0.15, 0.2) is 0 Å². The van der Waals surface area contributed by atoms with E-state index in [4.69, 9.17) is 4.74 Å². The lowest BCUT2D eigenvalue weighted by atomic mass is 10.3. The van der Waals surface area contributed by atoms with Gasteiger partial charge in [0.25, 0.3) is 5.91 Å². The van der Waals surface area contributed by atoms with Crippen molar-refractivity contribution < 1.29 is 9.53 Å². The van der Waals surface area contributed by atoms with Crippen molar-refractivity contribution in [3.05, 3.63) is 28.5 Å². The summed E-state index contributed by atoms with van der Waals surface area (Å²) in [5.41, 5.74) is 0.549. The van der Waals surface area contributed by atoms with Crippen LogP contribution in [0.5, 0.6) is 0 Å². The Morgan fingerprint density at radius 2 is 2.31 bits per heavy atom. The fourth-order valence-electron chi connectivity index (χ4n) is 1.07. The van der Waals surface area contributed by atoms with E-state index in [-0.39, 0.29) is 12.0 Å². The molecular formula is C11H15BrN2O2. The van der Waals surface area contributed by atoms with Gasteiger partial charge in [-0.2, -0.15) is 0 Å². The molecule has 1 amide bonds. The fourth-order valence-corrected chi connectivity index (χ4v) is 1.31. The molecule has 1 aromatic rings. The molecule has 0 saturated carbocycles. The molecule has 5 heteroatoms. The normalized spacial score (nSPS) is 10.5. The number of halogens is 1. The van der Waals surface area contributed by atoms with Gasteiger partial charge in [-0.25, -0.2) is 4.98 Å². The molecule has 0 bridgehead atoms. The van der Waals surface area contributed by atoms with Crippen LogP contribution in [-0.2, 0) is 4.74 Å². The second kappa shape index (κ2) is 6.60. The van der Waals surface area contributed by atoms with Crippen LogP contribution in [0.1, 0.15) is 24.2 Å². The van der Waals surface area contributed by atoms with E-state index in [0.29, 0.717) is 23.3 Å². The Morgan fingerprint density at radius 1 is 1.56 bits per heavy atom. The lowest BCUT2D eigenvalue weighted by Gasteiger charge is -2.08. The van der Waals surface area contributed by atoms with Gasteiger partial charge >= 0.3 is 0 Å². The lowest BCUT2D eigenvalue weighted by Crippen LogP contribution is -2.28. The van der Waals surface area contributed by atoms with Crippen molar-refractivity contribution in [3.8, 4) is 0 Å². The van der Waals surface area contributed by atoms with Gasteiger partial charge in [-0.15, -0.1) is 0 Å². The maximum Gasteiger partial charge on any atom is 0.252 e. The highest BCUT2D eigenvalue weighted by molar-refractivity contribution is 9.10. The number of amides is 1. The van der Waals surface area contributed by atoms with Gasteiger partial charge in [-0.1, -0.05) is 0 Å². The molecule has 0 saturated heterocycles. The minimum absolute atomic E-state index is 0.132. The van der Waals surface area contributed by atoms with Crippen molar-refractivity contribution in [3.63, 3.8) is 0 Å². The van der Waals surface area contributed by atoms with Crippen LogP contribution in [0, 0.1) is 0 Å². The van der Waals surface area contributed by atoms with Gasteiger partial charge in [0.2, 0.25) is 0 Å². The van der Waals surface area contributed by atoms with E-state index < -0.39 is 0 Å². The van der Waals surface area contributed by atoms with Crippen molar-refractivity contribution in [2.24, 2.45) is 0 Å². The maximum atomic E-state index is 11.6. The number of carbonyl (C=O) groups excluding carboxylic acids is 1. The van der Waals surface area contributed by atoms with Gasteiger partial charge in [0.1, 0.15) is 4.60 Å². The second-order valence-electron chi connectivity index (χ2n) is 3.55. The summed E-state index contributed by atoms with van der Waals surface area (Å²) in [5, 5.41) is 2.75. The van der Waals surface area contributed by atoms with E-state index in [1.54, 1.807) is 12.1 Å². The number of pyridine rings is 1. The van der Waals surface area contributed by atoms with Gasteiger partial charge in [0.05, 0.1) is 18.3 Å². The fraction of sp³-hybridized carbons (Fsp3) is 0.455. The molecule has 0 aliphatic heterocycles. The topological polar surface area (TPSA) is 51.2 Å². The van der Waals surface area contributed by atoms with E-state index in [2.05, 4.69) is 26.2 Å². The predicted octanol–water partition coefficient (Wildman–Crippen LogP) is 2.00. The zero-order chi connectivity index (χ0) is 12.0. The Balaban J connectivity index is 2.32. The molecule has 0 spiro atoms. The van der Waals surface area contributed by atoms with E-state index in [1.807, 2.05) is 13.8 Å². The van der Waals surface area contributed by atoms with Crippen LogP contribution in [0.2, 0.25) is 0 Å². The molecule has 0 aromatic carbocycles. The monoisotopic (exact) mass is 286 g/mol. The molecule has 4 nitrogen and oxygen atoms in total. The molecule has 1 heterocycles. The zero-order valence-electron chi connectivity index (χ0n) is 9.37. The number of carbonyl (C=O) groups is 1. The highest BCUT2D eigenvalue weighted by Crippen LogP contribution is 2.05. The minimum atomic E-state index is -0.132. The first-order valence-electron chi connectivity index (χ1n) is 5.11. The summed E-state index contributed by atoms with van der Waals surface area (Å²) < 4.78 is 6.02. The number of nitrogens with one attached hydrogen (secondary N) is 1. The van der Waals surface area contributed by atoms with Crippen molar-refractivity contribution in [1.82, 2.24) is 10.3 Å². The molecule has 1 N–H and O–H groups in total. The summed E-state index contributed by atoms with van der Waals surface area (Å²) in [7, 11) is 0.